The Bertz CT molecular complexity index is 366. The van der Waals surface area contributed by atoms with Crippen molar-refractivity contribution in [3.05, 3.63) is 18.0 Å². The summed E-state index contributed by atoms with van der Waals surface area (Å²) in [5, 5.41) is 8.34. The fraction of sp³-hybridized carbons (Fsp3) is 0.824. The lowest BCUT2D eigenvalue weighted by Gasteiger charge is -2.21. The van der Waals surface area contributed by atoms with Crippen molar-refractivity contribution in [1.82, 2.24) is 15.1 Å². The lowest BCUT2D eigenvalue weighted by molar-refractivity contribution is 0.328. The van der Waals surface area contributed by atoms with Crippen LogP contribution < -0.4 is 5.32 Å². The molecule has 1 aromatic heterocycles. The van der Waals surface area contributed by atoms with Crippen LogP contribution in [0, 0.1) is 0 Å². The van der Waals surface area contributed by atoms with Crippen molar-refractivity contribution >= 4 is 0 Å². The van der Waals surface area contributed by atoms with Crippen LogP contribution >= 0.6 is 0 Å². The monoisotopic (exact) mass is 277 g/mol. The summed E-state index contributed by atoms with van der Waals surface area (Å²) in [4.78, 5) is 0. The van der Waals surface area contributed by atoms with Gasteiger partial charge in [-0.05, 0) is 58.1 Å². The molecular formula is C17H31N3. The molecular weight excluding hydrogens is 246 g/mol. The first-order valence-corrected chi connectivity index (χ1v) is 8.57. The van der Waals surface area contributed by atoms with Gasteiger partial charge in [0.2, 0.25) is 0 Å². The third-order valence-electron chi connectivity index (χ3n) is 4.43. The van der Waals surface area contributed by atoms with Crippen molar-refractivity contribution in [2.75, 3.05) is 6.54 Å². The molecule has 1 N–H and O–H groups in total. The fourth-order valence-electron chi connectivity index (χ4n) is 3.14. The van der Waals surface area contributed by atoms with Crippen LogP contribution in [-0.2, 0) is 6.42 Å². The van der Waals surface area contributed by atoms with E-state index >= 15 is 0 Å². The zero-order valence-electron chi connectivity index (χ0n) is 13.3. The van der Waals surface area contributed by atoms with Crippen LogP contribution in [0.15, 0.2) is 12.3 Å². The van der Waals surface area contributed by atoms with Gasteiger partial charge < -0.3 is 5.32 Å². The average Bonchev–Trinajstić information content (AvgIpc) is 2.95. The van der Waals surface area contributed by atoms with Crippen molar-refractivity contribution in [3.63, 3.8) is 0 Å². The van der Waals surface area contributed by atoms with Crippen LogP contribution in [-0.4, -0.2) is 22.4 Å². The molecule has 1 unspecified atom stereocenters. The second kappa shape index (κ2) is 8.46. The first-order valence-electron chi connectivity index (χ1n) is 8.57. The van der Waals surface area contributed by atoms with Crippen molar-refractivity contribution in [2.45, 2.75) is 83.7 Å². The Morgan fingerprint density at radius 2 is 2.15 bits per heavy atom. The summed E-state index contributed by atoms with van der Waals surface area (Å²) < 4.78 is 2.23. The van der Waals surface area contributed by atoms with Crippen molar-refractivity contribution < 1.29 is 0 Å². The Hall–Kier alpha value is -0.830. The maximum absolute atomic E-state index is 4.79. The first kappa shape index (κ1) is 15.6. The number of nitrogens with one attached hydrogen (secondary N) is 1. The molecule has 0 bridgehead atoms. The average molecular weight is 277 g/mol. The van der Waals surface area contributed by atoms with Crippen molar-refractivity contribution in [3.8, 4) is 0 Å². The standard InChI is InChI=1S/C17H31N3/c1-3-13-18-15(2)8-7-9-16-12-14-20(19-16)17-10-5-4-6-11-17/h12,14-15,17-18H,3-11,13H2,1-2H3. The van der Waals surface area contributed by atoms with E-state index in [1.165, 1.54) is 57.1 Å². The maximum atomic E-state index is 4.79. The minimum atomic E-state index is 0.635. The SMILES string of the molecule is CCCNC(C)CCCc1ccn(C2CCCCC2)n1. The highest BCUT2D eigenvalue weighted by molar-refractivity contribution is 5.00. The summed E-state index contributed by atoms with van der Waals surface area (Å²) in [6, 6.07) is 3.52. The minimum Gasteiger partial charge on any atom is -0.314 e. The van der Waals surface area contributed by atoms with Crippen LogP contribution in [0.4, 0.5) is 0 Å². The molecule has 3 heteroatoms. The molecule has 2 rings (SSSR count). The molecule has 1 aromatic rings. The summed E-state index contributed by atoms with van der Waals surface area (Å²) in [5.41, 5.74) is 1.28. The second-order valence-electron chi connectivity index (χ2n) is 6.33. The molecule has 3 nitrogen and oxygen atoms in total. The zero-order valence-corrected chi connectivity index (χ0v) is 13.3. The van der Waals surface area contributed by atoms with Crippen LogP contribution in [0.5, 0.6) is 0 Å². The van der Waals surface area contributed by atoms with Crippen LogP contribution in [0.3, 0.4) is 0 Å². The molecule has 1 atom stereocenters. The number of hydrogen-bond acceptors (Lipinski definition) is 2. The van der Waals surface area contributed by atoms with Gasteiger partial charge in [0.25, 0.3) is 0 Å². The number of nitrogens with zero attached hydrogens (tertiary/aromatic N) is 2. The molecule has 0 radical (unpaired) electrons. The Kier molecular flexibility index (Phi) is 6.58. The van der Waals surface area contributed by atoms with Gasteiger partial charge in [-0.1, -0.05) is 26.2 Å². The molecule has 114 valence electrons. The van der Waals surface area contributed by atoms with Gasteiger partial charge in [0.1, 0.15) is 0 Å². The number of hydrogen-bond donors (Lipinski definition) is 1. The highest BCUT2D eigenvalue weighted by atomic mass is 15.3. The smallest absolute Gasteiger partial charge is 0.0624 e. The molecule has 20 heavy (non-hydrogen) atoms. The third kappa shape index (κ3) is 4.93. The van der Waals surface area contributed by atoms with Crippen LogP contribution in [0.2, 0.25) is 0 Å². The van der Waals surface area contributed by atoms with Gasteiger partial charge in [-0.2, -0.15) is 5.10 Å². The van der Waals surface area contributed by atoms with E-state index in [9.17, 15) is 0 Å². The fourth-order valence-corrected chi connectivity index (χ4v) is 3.14. The molecule has 1 aliphatic carbocycles. The summed E-state index contributed by atoms with van der Waals surface area (Å²) >= 11 is 0. The Morgan fingerprint density at radius 3 is 2.90 bits per heavy atom. The van der Waals surface area contributed by atoms with Gasteiger partial charge in [0, 0.05) is 12.2 Å². The Morgan fingerprint density at radius 1 is 1.35 bits per heavy atom. The molecule has 1 heterocycles. The van der Waals surface area contributed by atoms with E-state index in [1.807, 2.05) is 0 Å². The topological polar surface area (TPSA) is 29.9 Å². The number of aromatic nitrogens is 2. The molecule has 1 saturated carbocycles. The predicted octanol–water partition coefficient (Wildman–Crippen LogP) is 4.10. The van der Waals surface area contributed by atoms with Gasteiger partial charge >= 0.3 is 0 Å². The van der Waals surface area contributed by atoms with E-state index in [0.717, 1.165) is 13.0 Å². The summed E-state index contributed by atoms with van der Waals surface area (Å²) in [7, 11) is 0. The highest BCUT2D eigenvalue weighted by Crippen LogP contribution is 2.27. The van der Waals surface area contributed by atoms with E-state index in [1.54, 1.807) is 0 Å². The summed E-state index contributed by atoms with van der Waals surface area (Å²) in [5.74, 6) is 0. The molecule has 0 amide bonds. The lowest BCUT2D eigenvalue weighted by Crippen LogP contribution is -2.26. The van der Waals surface area contributed by atoms with E-state index in [0.29, 0.717) is 12.1 Å². The highest BCUT2D eigenvalue weighted by Gasteiger charge is 2.15. The van der Waals surface area contributed by atoms with E-state index in [-0.39, 0.29) is 0 Å². The van der Waals surface area contributed by atoms with Crippen molar-refractivity contribution in [2.24, 2.45) is 0 Å². The molecule has 0 spiro atoms. The summed E-state index contributed by atoms with van der Waals surface area (Å²) in [6.07, 6.45) is 13.8. The molecule has 0 aliphatic heterocycles. The van der Waals surface area contributed by atoms with Crippen molar-refractivity contribution in [1.29, 1.82) is 0 Å². The van der Waals surface area contributed by atoms with Gasteiger partial charge in [-0.15, -0.1) is 0 Å². The zero-order chi connectivity index (χ0) is 14.2. The van der Waals surface area contributed by atoms with Crippen LogP contribution in [0.1, 0.15) is 76.9 Å². The first-order chi connectivity index (χ1) is 9.79. The Labute approximate surface area is 124 Å². The Balaban J connectivity index is 1.70. The molecule has 1 fully saturated rings. The van der Waals surface area contributed by atoms with E-state index < -0.39 is 0 Å². The van der Waals surface area contributed by atoms with E-state index in [2.05, 4.69) is 36.1 Å². The number of aryl methyl sites for hydroxylation is 1. The largest absolute Gasteiger partial charge is 0.314 e. The van der Waals surface area contributed by atoms with Crippen LogP contribution in [0.25, 0.3) is 0 Å². The normalized spacial score (nSPS) is 18.3. The lowest BCUT2D eigenvalue weighted by atomic mass is 9.96. The van der Waals surface area contributed by atoms with Gasteiger partial charge in [0.15, 0.2) is 0 Å². The number of rotatable bonds is 8. The van der Waals surface area contributed by atoms with Gasteiger partial charge in [-0.3, -0.25) is 4.68 Å². The molecule has 1 aliphatic rings. The second-order valence-corrected chi connectivity index (χ2v) is 6.33. The predicted molar refractivity (Wildman–Crippen MR) is 85.0 cm³/mol. The molecule has 0 saturated heterocycles. The van der Waals surface area contributed by atoms with E-state index in [4.69, 9.17) is 5.10 Å². The minimum absolute atomic E-state index is 0.635. The summed E-state index contributed by atoms with van der Waals surface area (Å²) in [6.45, 7) is 5.64. The quantitative estimate of drug-likeness (QED) is 0.775. The molecule has 0 aromatic carbocycles. The third-order valence-corrected chi connectivity index (χ3v) is 4.43. The maximum Gasteiger partial charge on any atom is 0.0624 e. The van der Waals surface area contributed by atoms with Gasteiger partial charge in [0.05, 0.1) is 11.7 Å². The van der Waals surface area contributed by atoms with Gasteiger partial charge in [-0.25, -0.2) is 0 Å².